The summed E-state index contributed by atoms with van der Waals surface area (Å²) in [6.45, 7) is 17.8. The minimum Gasteiger partial charge on any atom is -0.497 e. The van der Waals surface area contributed by atoms with Crippen molar-refractivity contribution in [1.82, 2.24) is 46.2 Å². The van der Waals surface area contributed by atoms with Crippen LogP contribution in [0.5, 0.6) is 5.75 Å². The van der Waals surface area contributed by atoms with Crippen molar-refractivity contribution in [3.8, 4) is 5.75 Å². The molecule has 0 spiro atoms. The van der Waals surface area contributed by atoms with Crippen molar-refractivity contribution in [3.63, 3.8) is 0 Å². The summed E-state index contributed by atoms with van der Waals surface area (Å²) in [6.07, 6.45) is -6.48. The molecule has 8 N–H and O–H groups in total. The zero-order valence-corrected chi connectivity index (χ0v) is 58.0. The van der Waals surface area contributed by atoms with Gasteiger partial charge in [-0.3, -0.25) is 57.5 Å². The first-order chi connectivity index (χ1) is 45.1. The monoisotopic (exact) mass is 1350 g/mol. The van der Waals surface area contributed by atoms with Crippen LogP contribution in [0.25, 0.3) is 0 Å². The lowest BCUT2D eigenvalue weighted by molar-refractivity contribution is -0.163. The van der Waals surface area contributed by atoms with Gasteiger partial charge in [0.1, 0.15) is 60.2 Å². The van der Waals surface area contributed by atoms with Crippen LogP contribution in [0.3, 0.4) is 0 Å². The van der Waals surface area contributed by atoms with Crippen molar-refractivity contribution < 1.29 is 91.2 Å². The number of carbonyl (C=O) groups excluding carboxylic acids is 14. The number of benzene rings is 1. The normalized spacial score (nSPS) is 26.6. The lowest BCUT2D eigenvalue weighted by atomic mass is 9.91. The molecule has 15 atom stereocenters. The van der Waals surface area contributed by atoms with Crippen molar-refractivity contribution >= 4 is 82.8 Å². The van der Waals surface area contributed by atoms with E-state index in [0.29, 0.717) is 30.6 Å². The number of amides is 10. The molecule has 10 amide bonds. The van der Waals surface area contributed by atoms with Crippen LogP contribution >= 0.6 is 0 Å². The Morgan fingerprint density at radius 1 is 0.833 bits per heavy atom. The van der Waals surface area contributed by atoms with Gasteiger partial charge in [-0.2, -0.15) is 0 Å². The number of nitrogens with zero attached hydrogens (tertiary/aromatic N) is 4. The summed E-state index contributed by atoms with van der Waals surface area (Å²) < 4.78 is 22.9. The number of esters is 3. The van der Waals surface area contributed by atoms with Gasteiger partial charge in [-0.05, 0) is 114 Å². The minimum atomic E-state index is -1.86. The van der Waals surface area contributed by atoms with E-state index in [2.05, 4.69) is 26.6 Å². The second kappa shape index (κ2) is 35.7. The molecular weight excluding hydrogens is 1250 g/mol. The van der Waals surface area contributed by atoms with E-state index in [9.17, 15) is 53.1 Å². The molecule has 4 aliphatic heterocycles. The lowest BCUT2D eigenvalue weighted by Gasteiger charge is -2.36. The SMILES string of the molecule is CC[C@H](C)[C@@H]1NC(=O)[C@@H](NC(=O)[C@@H](CC(C)C)N(C)C(=O)[C@@H]2CCCN2C(=O)[C@H](C)OC(=O)[C@H](CCC(N)=O)NC(=O)[C@@H]2CCC(=O)N2)[C@@H](C)OC(=O)[C@H](Cc2ccc(OC)cc2)N(C)C(=O)[C@@H]2CCCN2C(=O)[C@H](CC(C)C)NC(=O)[C@@H](C)C(=O)[C@H](C(C)C)OC(=O)C[C@@H]1O. The van der Waals surface area contributed by atoms with Crippen LogP contribution < -0.4 is 37.1 Å². The molecule has 96 heavy (non-hydrogen) atoms. The summed E-state index contributed by atoms with van der Waals surface area (Å²) in [6, 6.07) is -5.39. The third-order valence-electron chi connectivity index (χ3n) is 18.4. The number of fused-ring (bicyclic) bond motifs is 1. The van der Waals surface area contributed by atoms with Gasteiger partial charge in [-0.1, -0.05) is 73.9 Å². The van der Waals surface area contributed by atoms with E-state index in [4.69, 9.17) is 24.7 Å². The summed E-state index contributed by atoms with van der Waals surface area (Å²) in [5.41, 5.74) is 5.88. The van der Waals surface area contributed by atoms with Gasteiger partial charge in [0.15, 0.2) is 18.0 Å². The van der Waals surface area contributed by atoms with Crippen LogP contribution in [-0.2, 0) is 87.8 Å². The molecule has 0 saturated carbocycles. The highest BCUT2D eigenvalue weighted by atomic mass is 16.6. The number of likely N-dealkylation sites (N-methyl/N-ethyl adjacent to an activating group) is 2. The summed E-state index contributed by atoms with van der Waals surface area (Å²) in [5, 5.41) is 25.2. The van der Waals surface area contributed by atoms with Gasteiger partial charge in [0.25, 0.3) is 5.91 Å². The number of nitrogens with one attached hydrogen (secondary N) is 5. The number of methoxy groups -OCH3 is 1. The van der Waals surface area contributed by atoms with E-state index < -0.39 is 180 Å². The maximum absolute atomic E-state index is 15.2. The number of Topliss-reactive ketones (excluding diaryl/α,β-unsaturated/α-hetero) is 1. The maximum Gasteiger partial charge on any atom is 0.329 e. The molecule has 0 bridgehead atoms. The second-order valence-electron chi connectivity index (χ2n) is 27.1. The van der Waals surface area contributed by atoms with Crippen LogP contribution in [0, 0.1) is 29.6 Å². The number of rotatable bonds is 22. The van der Waals surface area contributed by atoms with Gasteiger partial charge in [-0.25, -0.2) is 9.59 Å². The predicted octanol–water partition coefficient (Wildman–Crippen LogP) is 0.896. The maximum atomic E-state index is 15.2. The van der Waals surface area contributed by atoms with Crippen LogP contribution in [0.4, 0.5) is 0 Å². The standard InChI is InChI=1S/C67H102N10O19/c1-15-37(8)54-50(78)33-53(81)96-57(36(6)7)56(82)38(9)58(83)71-45(30-34(2)3)63(88)77-29-17-19-47(77)65(90)75(13)49(32-41-20-22-42(93-14)23-21-41)67(92)94-39(10)55(61(86)72-54)73-60(85)48(31-35(4)5)74(12)64(89)46-18-16-28-76(46)62(87)40(11)95-66(91)44(24-26-51(68)79)70-59(84)43-25-27-52(80)69-43/h20-23,34-40,43-50,54-55,57,78H,15-19,24-33H2,1-14H3,(H2,68,79)(H,69,80)(H,70,84)(H,71,83)(H,72,86)(H,73,85)/t37-,38-,39+,40-,43-,44-,45-,46-,47-,48+,49-,50-,54-,55-,57-/m0/s1. The van der Waals surface area contributed by atoms with Gasteiger partial charge in [0.05, 0.1) is 31.6 Å². The number of aliphatic hydroxyl groups is 1. The Balaban J connectivity index is 1.54. The molecule has 29 heteroatoms. The predicted molar refractivity (Wildman–Crippen MR) is 346 cm³/mol. The third kappa shape index (κ3) is 20.9. The zero-order valence-electron chi connectivity index (χ0n) is 58.0. The van der Waals surface area contributed by atoms with Crippen LogP contribution in [0.15, 0.2) is 24.3 Å². The molecule has 4 heterocycles. The average molecular weight is 1350 g/mol. The van der Waals surface area contributed by atoms with E-state index in [1.165, 1.54) is 51.8 Å². The second-order valence-corrected chi connectivity index (χ2v) is 27.1. The molecule has 0 radical (unpaired) electrons. The number of likely N-dealkylation sites (tertiary alicyclic amines) is 1. The molecule has 0 aromatic heterocycles. The molecule has 29 nitrogen and oxygen atoms in total. The van der Waals surface area contributed by atoms with E-state index in [1.807, 2.05) is 13.8 Å². The number of ether oxygens (including phenoxy) is 4. The van der Waals surface area contributed by atoms with Gasteiger partial charge in [0, 0.05) is 46.4 Å². The molecule has 1 aromatic carbocycles. The molecule has 0 aliphatic carbocycles. The Hall–Kier alpha value is -8.24. The molecule has 4 saturated heterocycles. The summed E-state index contributed by atoms with van der Waals surface area (Å²) in [4.78, 5) is 202. The average Bonchev–Trinajstić information content (AvgIpc) is 1.60. The van der Waals surface area contributed by atoms with Crippen LogP contribution in [0.2, 0.25) is 0 Å². The first-order valence-corrected chi connectivity index (χ1v) is 33.5. The number of primary amides is 1. The fraction of sp³-hybridized carbons (Fsp3) is 0.701. The number of aliphatic hydroxyl groups excluding tert-OH is 1. The lowest BCUT2D eigenvalue weighted by Crippen LogP contribution is -2.62. The highest BCUT2D eigenvalue weighted by Crippen LogP contribution is 2.28. The quantitative estimate of drug-likeness (QED) is 0.0482. The summed E-state index contributed by atoms with van der Waals surface area (Å²) in [5.74, 6) is -14.2. The number of cyclic esters (lactones) is 2. The summed E-state index contributed by atoms with van der Waals surface area (Å²) >= 11 is 0. The van der Waals surface area contributed by atoms with Gasteiger partial charge in [0.2, 0.25) is 53.2 Å². The topological polar surface area (TPSA) is 395 Å². The highest BCUT2D eigenvalue weighted by molar-refractivity contribution is 6.05. The Kier molecular flexibility index (Phi) is 29.1. The Morgan fingerprint density at radius 2 is 1.49 bits per heavy atom. The van der Waals surface area contributed by atoms with Gasteiger partial charge in [-0.15, -0.1) is 0 Å². The largest absolute Gasteiger partial charge is 0.497 e. The van der Waals surface area contributed by atoms with Gasteiger partial charge >= 0.3 is 17.9 Å². The molecular formula is C67H102N10O19. The minimum absolute atomic E-state index is 0.0193. The van der Waals surface area contributed by atoms with Crippen LogP contribution in [0.1, 0.15) is 159 Å². The number of carbonyl (C=O) groups is 14. The highest BCUT2D eigenvalue weighted by Gasteiger charge is 2.47. The smallest absolute Gasteiger partial charge is 0.329 e. The van der Waals surface area contributed by atoms with E-state index >= 15 is 19.2 Å². The fourth-order valence-corrected chi connectivity index (χ4v) is 12.4. The number of hydrogen-bond donors (Lipinski definition) is 7. The number of hydrogen-bond acceptors (Lipinski definition) is 19. The van der Waals surface area contributed by atoms with Crippen molar-refractivity contribution in [3.05, 3.63) is 29.8 Å². The summed E-state index contributed by atoms with van der Waals surface area (Å²) in [7, 11) is 4.17. The Labute approximate surface area is 561 Å². The zero-order chi connectivity index (χ0) is 71.7. The Bertz CT molecular complexity index is 3000. The van der Waals surface area contributed by atoms with Gasteiger partial charge < -0.3 is 76.0 Å². The molecule has 4 aliphatic rings. The van der Waals surface area contributed by atoms with Crippen molar-refractivity contribution in [1.29, 1.82) is 0 Å². The third-order valence-corrected chi connectivity index (χ3v) is 18.4. The van der Waals surface area contributed by atoms with E-state index in [0.717, 1.165) is 9.80 Å². The molecule has 0 unspecified atom stereocenters. The first kappa shape index (κ1) is 78.5. The molecule has 4 fully saturated rings. The molecule has 5 rings (SSSR count). The van der Waals surface area contributed by atoms with Crippen LogP contribution in [-0.4, -0.2) is 221 Å². The van der Waals surface area contributed by atoms with Crippen molar-refractivity contribution in [2.75, 3.05) is 34.3 Å². The first-order valence-electron chi connectivity index (χ1n) is 33.5. The fourth-order valence-electron chi connectivity index (χ4n) is 12.4. The molecule has 534 valence electrons. The number of nitrogens with two attached hydrogens (primary N) is 1. The van der Waals surface area contributed by atoms with E-state index in [-0.39, 0.29) is 88.6 Å². The number of ketones is 1. The van der Waals surface area contributed by atoms with Crippen molar-refractivity contribution in [2.45, 2.75) is 238 Å². The van der Waals surface area contributed by atoms with Crippen molar-refractivity contribution in [2.24, 2.45) is 35.3 Å². The van der Waals surface area contributed by atoms with E-state index in [1.54, 1.807) is 65.8 Å². The molecule has 1 aromatic rings. The Morgan fingerprint density at radius 3 is 2.07 bits per heavy atom.